The topological polar surface area (TPSA) is 108 Å². The van der Waals surface area contributed by atoms with Gasteiger partial charge in [-0.05, 0) is 63.4 Å². The lowest BCUT2D eigenvalue weighted by Crippen LogP contribution is -2.46. The van der Waals surface area contributed by atoms with Crippen molar-refractivity contribution in [1.82, 2.24) is 10.2 Å². The normalized spacial score (nSPS) is 11.9. The van der Waals surface area contributed by atoms with Crippen molar-refractivity contribution in [3.63, 3.8) is 0 Å². The van der Waals surface area contributed by atoms with Crippen LogP contribution in [0, 0.1) is 6.92 Å². The molecule has 1 atom stereocenters. The van der Waals surface area contributed by atoms with Crippen LogP contribution in [0.2, 0.25) is 5.02 Å². The SMILES string of the molecule is CCCN(C(=O)CNC(=O)OC(C)(C)C)C(C(=O)Nc1c(C)cccc1Cl)c1ccc(O)cc1. The van der Waals surface area contributed by atoms with E-state index in [4.69, 9.17) is 16.3 Å². The Morgan fingerprint density at radius 3 is 2.32 bits per heavy atom. The lowest BCUT2D eigenvalue weighted by atomic mass is 10.0. The summed E-state index contributed by atoms with van der Waals surface area (Å²) in [7, 11) is 0. The van der Waals surface area contributed by atoms with E-state index in [0.29, 0.717) is 22.7 Å². The summed E-state index contributed by atoms with van der Waals surface area (Å²) in [4.78, 5) is 40.1. The molecule has 0 aliphatic rings. The van der Waals surface area contributed by atoms with Gasteiger partial charge in [0.1, 0.15) is 23.9 Å². The van der Waals surface area contributed by atoms with Gasteiger partial charge < -0.3 is 25.4 Å². The Bertz CT molecular complexity index is 998. The number of hydrogen-bond acceptors (Lipinski definition) is 5. The quantitative estimate of drug-likeness (QED) is 0.493. The molecule has 0 aromatic heterocycles. The van der Waals surface area contributed by atoms with Crippen LogP contribution < -0.4 is 10.6 Å². The first kappa shape index (κ1) is 27.0. The average Bonchev–Trinajstić information content (AvgIpc) is 2.74. The van der Waals surface area contributed by atoms with Crippen molar-refractivity contribution in [2.45, 2.75) is 52.7 Å². The molecule has 2 rings (SSSR count). The van der Waals surface area contributed by atoms with Crippen molar-refractivity contribution in [3.8, 4) is 5.75 Å². The van der Waals surface area contributed by atoms with Crippen LogP contribution in [0.5, 0.6) is 5.75 Å². The van der Waals surface area contributed by atoms with Crippen LogP contribution >= 0.6 is 11.6 Å². The molecule has 3 N–H and O–H groups in total. The number of halogens is 1. The van der Waals surface area contributed by atoms with Crippen LogP contribution in [-0.4, -0.2) is 46.6 Å². The Morgan fingerprint density at radius 2 is 1.76 bits per heavy atom. The Balaban J connectivity index is 2.35. The molecule has 0 saturated carbocycles. The highest BCUT2D eigenvalue weighted by atomic mass is 35.5. The zero-order valence-corrected chi connectivity index (χ0v) is 20.9. The van der Waals surface area contributed by atoms with Crippen molar-refractivity contribution in [2.75, 3.05) is 18.4 Å². The number of anilines is 1. The molecule has 0 fully saturated rings. The molecule has 34 heavy (non-hydrogen) atoms. The first-order valence-electron chi connectivity index (χ1n) is 11.0. The second kappa shape index (κ2) is 11.7. The molecule has 0 aliphatic carbocycles. The summed E-state index contributed by atoms with van der Waals surface area (Å²) < 4.78 is 5.20. The van der Waals surface area contributed by atoms with Gasteiger partial charge in [-0.25, -0.2) is 4.79 Å². The molecule has 0 radical (unpaired) electrons. The van der Waals surface area contributed by atoms with Gasteiger partial charge in [0.15, 0.2) is 0 Å². The molecular formula is C25H32ClN3O5. The zero-order chi connectivity index (χ0) is 25.5. The van der Waals surface area contributed by atoms with Gasteiger partial charge in [-0.3, -0.25) is 9.59 Å². The molecule has 1 unspecified atom stereocenters. The monoisotopic (exact) mass is 489 g/mol. The number of carbonyl (C=O) groups is 3. The van der Waals surface area contributed by atoms with Gasteiger partial charge in [-0.15, -0.1) is 0 Å². The van der Waals surface area contributed by atoms with E-state index in [2.05, 4.69) is 10.6 Å². The highest BCUT2D eigenvalue weighted by Gasteiger charge is 2.32. The molecule has 3 amide bonds. The minimum Gasteiger partial charge on any atom is -0.508 e. The third kappa shape index (κ3) is 7.66. The molecule has 0 heterocycles. The molecule has 184 valence electrons. The van der Waals surface area contributed by atoms with Gasteiger partial charge >= 0.3 is 6.09 Å². The molecular weight excluding hydrogens is 458 g/mol. The number of phenols is 1. The van der Waals surface area contributed by atoms with E-state index in [0.717, 1.165) is 5.56 Å². The number of amides is 3. The van der Waals surface area contributed by atoms with E-state index in [9.17, 15) is 19.5 Å². The number of para-hydroxylation sites is 1. The van der Waals surface area contributed by atoms with Gasteiger partial charge in [0.2, 0.25) is 5.91 Å². The van der Waals surface area contributed by atoms with Gasteiger partial charge in [0.05, 0.1) is 10.7 Å². The number of hydrogen-bond donors (Lipinski definition) is 3. The summed E-state index contributed by atoms with van der Waals surface area (Å²) in [5, 5.41) is 15.4. The van der Waals surface area contributed by atoms with Crippen LogP contribution in [0.4, 0.5) is 10.5 Å². The maximum atomic E-state index is 13.5. The van der Waals surface area contributed by atoms with E-state index < -0.39 is 29.6 Å². The third-order valence-corrected chi connectivity index (χ3v) is 5.12. The average molecular weight is 490 g/mol. The zero-order valence-electron chi connectivity index (χ0n) is 20.1. The number of nitrogens with zero attached hydrogens (tertiary/aromatic N) is 1. The molecule has 0 bridgehead atoms. The van der Waals surface area contributed by atoms with Gasteiger partial charge in [0.25, 0.3) is 5.91 Å². The summed E-state index contributed by atoms with van der Waals surface area (Å²) in [6.45, 7) is 8.78. The first-order chi connectivity index (χ1) is 15.9. The molecule has 0 spiro atoms. The van der Waals surface area contributed by atoms with Crippen molar-refractivity contribution < 1.29 is 24.2 Å². The number of ether oxygens (including phenoxy) is 1. The predicted molar refractivity (Wildman–Crippen MR) is 132 cm³/mol. The number of nitrogens with one attached hydrogen (secondary N) is 2. The van der Waals surface area contributed by atoms with Crippen molar-refractivity contribution >= 4 is 35.2 Å². The summed E-state index contributed by atoms with van der Waals surface area (Å²) in [5.41, 5.74) is 1.01. The fourth-order valence-electron chi connectivity index (χ4n) is 3.31. The van der Waals surface area contributed by atoms with Crippen LogP contribution in [0.1, 0.15) is 51.3 Å². The molecule has 0 aliphatic heterocycles. The number of rotatable bonds is 8. The largest absolute Gasteiger partial charge is 0.508 e. The van der Waals surface area contributed by atoms with Crippen molar-refractivity contribution in [3.05, 3.63) is 58.6 Å². The maximum Gasteiger partial charge on any atom is 0.408 e. The van der Waals surface area contributed by atoms with Gasteiger partial charge in [0, 0.05) is 6.54 Å². The van der Waals surface area contributed by atoms with Crippen LogP contribution in [0.3, 0.4) is 0 Å². The number of aryl methyl sites for hydroxylation is 1. The van der Waals surface area contributed by atoms with E-state index in [-0.39, 0.29) is 18.8 Å². The minimum absolute atomic E-state index is 0.0322. The fourth-order valence-corrected chi connectivity index (χ4v) is 3.58. The molecule has 2 aromatic rings. The molecule has 2 aromatic carbocycles. The first-order valence-corrected chi connectivity index (χ1v) is 11.4. The van der Waals surface area contributed by atoms with Crippen LogP contribution in [-0.2, 0) is 14.3 Å². The van der Waals surface area contributed by atoms with E-state index in [1.165, 1.54) is 17.0 Å². The maximum absolute atomic E-state index is 13.5. The highest BCUT2D eigenvalue weighted by Crippen LogP contribution is 2.29. The van der Waals surface area contributed by atoms with Crippen molar-refractivity contribution in [2.24, 2.45) is 0 Å². The molecule has 8 nitrogen and oxygen atoms in total. The van der Waals surface area contributed by atoms with E-state index in [1.54, 1.807) is 45.0 Å². The van der Waals surface area contributed by atoms with Crippen LogP contribution in [0.15, 0.2) is 42.5 Å². The van der Waals surface area contributed by atoms with E-state index >= 15 is 0 Å². The number of benzene rings is 2. The summed E-state index contributed by atoms with van der Waals surface area (Å²) in [6, 6.07) is 10.3. The summed E-state index contributed by atoms with van der Waals surface area (Å²) in [5.74, 6) is -0.900. The van der Waals surface area contributed by atoms with Gasteiger partial charge in [-0.1, -0.05) is 42.8 Å². The second-order valence-corrected chi connectivity index (χ2v) is 9.26. The molecule has 9 heteroatoms. The predicted octanol–water partition coefficient (Wildman–Crippen LogP) is 4.80. The summed E-state index contributed by atoms with van der Waals surface area (Å²) in [6.07, 6.45) is -0.153. The summed E-state index contributed by atoms with van der Waals surface area (Å²) >= 11 is 6.30. The van der Waals surface area contributed by atoms with Crippen LogP contribution in [0.25, 0.3) is 0 Å². The smallest absolute Gasteiger partial charge is 0.408 e. The van der Waals surface area contributed by atoms with Crippen molar-refractivity contribution in [1.29, 1.82) is 0 Å². The van der Waals surface area contributed by atoms with E-state index in [1.807, 2.05) is 19.9 Å². The number of aromatic hydroxyl groups is 1. The Hall–Kier alpha value is -3.26. The number of carbonyl (C=O) groups excluding carboxylic acids is 3. The second-order valence-electron chi connectivity index (χ2n) is 8.86. The lowest BCUT2D eigenvalue weighted by Gasteiger charge is -2.31. The molecule has 0 saturated heterocycles. The standard InChI is InChI=1S/C25H32ClN3O5/c1-6-14-29(20(31)15-27-24(33)34-25(3,4)5)22(17-10-12-18(30)13-11-17)23(32)28-21-16(2)8-7-9-19(21)26/h7-13,22,30H,6,14-15H2,1-5H3,(H,27,33)(H,28,32). The fraction of sp³-hybridized carbons (Fsp3) is 0.400. The lowest BCUT2D eigenvalue weighted by molar-refractivity contribution is -0.138. The Labute approximate surface area is 205 Å². The number of phenolic OH excluding ortho intramolecular Hbond substituents is 1. The van der Waals surface area contributed by atoms with Gasteiger partial charge in [-0.2, -0.15) is 0 Å². The Morgan fingerprint density at radius 1 is 1.12 bits per heavy atom. The highest BCUT2D eigenvalue weighted by molar-refractivity contribution is 6.34. The number of alkyl carbamates (subject to hydrolysis) is 1. The Kier molecular flexibility index (Phi) is 9.32. The third-order valence-electron chi connectivity index (χ3n) is 4.81. The minimum atomic E-state index is -1.02.